The molecule has 2 aliphatic heterocycles. The van der Waals surface area contributed by atoms with E-state index >= 15 is 0 Å². The van der Waals surface area contributed by atoms with Gasteiger partial charge in [-0.05, 0) is 76.3 Å². The van der Waals surface area contributed by atoms with Gasteiger partial charge in [0.25, 0.3) is 17.7 Å². The molecule has 0 unspecified atom stereocenters. The maximum absolute atomic E-state index is 13.0. The Morgan fingerprint density at radius 2 is 1.59 bits per heavy atom. The molecule has 0 saturated carbocycles. The average molecular weight is 506 g/mol. The molecule has 8 heteroatoms. The Morgan fingerprint density at radius 3 is 2.22 bits per heavy atom. The third-order valence-corrected chi connectivity index (χ3v) is 6.78. The third-order valence-electron chi connectivity index (χ3n) is 6.78. The summed E-state index contributed by atoms with van der Waals surface area (Å²) in [6, 6.07) is 13.9. The van der Waals surface area contributed by atoms with E-state index in [-0.39, 0.29) is 17.7 Å². The number of amides is 4. The molecule has 2 heterocycles. The van der Waals surface area contributed by atoms with E-state index in [9.17, 15) is 19.2 Å². The number of nitrogens with zero attached hydrogens (tertiary/aromatic N) is 2. The van der Waals surface area contributed by atoms with Crippen LogP contribution in [0.4, 0.5) is 10.5 Å². The average Bonchev–Trinajstić information content (AvgIpc) is 3.10. The van der Waals surface area contributed by atoms with E-state index < -0.39 is 11.7 Å². The van der Waals surface area contributed by atoms with Crippen LogP contribution in [0.5, 0.6) is 0 Å². The molecule has 0 aromatic heterocycles. The molecule has 0 atom stereocenters. The zero-order valence-electron chi connectivity index (χ0n) is 21.8. The van der Waals surface area contributed by atoms with Gasteiger partial charge in [-0.3, -0.25) is 24.6 Å². The summed E-state index contributed by atoms with van der Waals surface area (Å²) >= 11 is 0. The number of unbranched alkanes of at least 4 members (excludes halogenated alkanes) is 1. The minimum Gasteiger partial charge on any atom is -0.444 e. The maximum Gasteiger partial charge on any atom is 0.412 e. The second-order valence-corrected chi connectivity index (χ2v) is 10.7. The fourth-order valence-electron chi connectivity index (χ4n) is 4.90. The molecule has 1 fully saturated rings. The standard InChI is InChI=1S/C29H35N3O5/c1-29(2,3)37-28(36)30-22-11-8-10-21(19-22)25(33)31-17-14-20(15-18-31)9-6-7-16-32-26(34)23-12-4-5-13-24(23)27(32)35/h4-5,8,10-13,19-20H,6-7,9,14-18H2,1-3H3,(H,30,36). The number of ether oxygens (including phenoxy) is 1. The number of piperidine rings is 1. The van der Waals surface area contributed by atoms with Crippen molar-refractivity contribution in [1.82, 2.24) is 9.80 Å². The highest BCUT2D eigenvalue weighted by atomic mass is 16.6. The zero-order valence-corrected chi connectivity index (χ0v) is 21.8. The minimum atomic E-state index is -0.600. The molecule has 2 aromatic rings. The van der Waals surface area contributed by atoms with Crippen LogP contribution in [0.15, 0.2) is 48.5 Å². The zero-order chi connectivity index (χ0) is 26.6. The molecule has 2 aliphatic rings. The van der Waals surface area contributed by atoms with Gasteiger partial charge in [0, 0.05) is 30.9 Å². The number of hydrogen-bond acceptors (Lipinski definition) is 5. The fraction of sp³-hybridized carbons (Fsp3) is 0.448. The number of rotatable bonds is 7. The predicted octanol–water partition coefficient (Wildman–Crippen LogP) is 5.35. The quantitative estimate of drug-likeness (QED) is 0.404. The molecule has 1 saturated heterocycles. The molecule has 37 heavy (non-hydrogen) atoms. The number of benzene rings is 2. The molecule has 0 bridgehead atoms. The lowest BCUT2D eigenvalue weighted by molar-refractivity contribution is 0.0626. The van der Waals surface area contributed by atoms with Gasteiger partial charge >= 0.3 is 6.09 Å². The van der Waals surface area contributed by atoms with Crippen molar-refractivity contribution in [3.63, 3.8) is 0 Å². The molecular formula is C29H35N3O5. The van der Waals surface area contributed by atoms with E-state index in [1.54, 1.807) is 69.3 Å². The summed E-state index contributed by atoms with van der Waals surface area (Å²) < 4.78 is 5.28. The van der Waals surface area contributed by atoms with E-state index in [0.717, 1.165) is 32.1 Å². The summed E-state index contributed by atoms with van der Waals surface area (Å²) in [5, 5.41) is 2.69. The summed E-state index contributed by atoms with van der Waals surface area (Å²) in [6.45, 7) is 7.20. The van der Waals surface area contributed by atoms with Crippen molar-refractivity contribution < 1.29 is 23.9 Å². The molecule has 0 aliphatic carbocycles. The second-order valence-electron chi connectivity index (χ2n) is 10.7. The first kappa shape index (κ1) is 26.4. The Kier molecular flexibility index (Phi) is 7.95. The number of carbonyl (C=O) groups is 4. The van der Waals surface area contributed by atoms with Crippen LogP contribution in [0.2, 0.25) is 0 Å². The number of fused-ring (bicyclic) bond motifs is 1. The van der Waals surface area contributed by atoms with E-state index in [2.05, 4.69) is 5.32 Å². The van der Waals surface area contributed by atoms with Crippen LogP contribution in [0.3, 0.4) is 0 Å². The Hall–Kier alpha value is -3.68. The minimum absolute atomic E-state index is 0.0445. The highest BCUT2D eigenvalue weighted by molar-refractivity contribution is 6.21. The highest BCUT2D eigenvalue weighted by Crippen LogP contribution is 2.26. The Morgan fingerprint density at radius 1 is 0.946 bits per heavy atom. The van der Waals surface area contributed by atoms with Gasteiger partial charge in [-0.25, -0.2) is 4.79 Å². The van der Waals surface area contributed by atoms with Gasteiger partial charge in [-0.2, -0.15) is 0 Å². The van der Waals surface area contributed by atoms with Crippen molar-refractivity contribution in [2.24, 2.45) is 5.92 Å². The molecule has 196 valence electrons. The van der Waals surface area contributed by atoms with Crippen LogP contribution in [0.1, 0.15) is 83.9 Å². The number of nitrogens with one attached hydrogen (secondary N) is 1. The second kappa shape index (κ2) is 11.2. The third kappa shape index (κ3) is 6.56. The van der Waals surface area contributed by atoms with Crippen molar-refractivity contribution in [2.75, 3.05) is 25.0 Å². The first-order valence-electron chi connectivity index (χ1n) is 13.0. The summed E-state index contributed by atoms with van der Waals surface area (Å²) in [5.41, 5.74) is 1.45. The Balaban J connectivity index is 1.19. The number of likely N-dealkylation sites (tertiary alicyclic amines) is 1. The lowest BCUT2D eigenvalue weighted by Gasteiger charge is -2.32. The first-order chi connectivity index (χ1) is 17.6. The smallest absolute Gasteiger partial charge is 0.412 e. The Bertz CT molecular complexity index is 1140. The molecule has 4 amide bonds. The van der Waals surface area contributed by atoms with Gasteiger partial charge in [0.2, 0.25) is 0 Å². The topological polar surface area (TPSA) is 96.0 Å². The van der Waals surface area contributed by atoms with Crippen molar-refractivity contribution in [1.29, 1.82) is 0 Å². The van der Waals surface area contributed by atoms with Gasteiger partial charge in [-0.15, -0.1) is 0 Å². The van der Waals surface area contributed by atoms with Crippen LogP contribution in [0.25, 0.3) is 0 Å². The van der Waals surface area contributed by atoms with Gasteiger partial charge in [0.15, 0.2) is 0 Å². The van der Waals surface area contributed by atoms with E-state index in [4.69, 9.17) is 4.74 Å². The molecule has 0 spiro atoms. The van der Waals surface area contributed by atoms with Crippen molar-refractivity contribution in [2.45, 2.75) is 58.5 Å². The van der Waals surface area contributed by atoms with Crippen molar-refractivity contribution in [3.05, 3.63) is 65.2 Å². The summed E-state index contributed by atoms with van der Waals surface area (Å²) in [7, 11) is 0. The lowest BCUT2D eigenvalue weighted by atomic mass is 9.91. The van der Waals surface area contributed by atoms with Crippen LogP contribution >= 0.6 is 0 Å². The van der Waals surface area contributed by atoms with Crippen LogP contribution in [0, 0.1) is 5.92 Å². The lowest BCUT2D eigenvalue weighted by Crippen LogP contribution is -2.38. The maximum atomic E-state index is 13.0. The van der Waals surface area contributed by atoms with Gasteiger partial charge in [0.1, 0.15) is 5.60 Å². The SMILES string of the molecule is CC(C)(C)OC(=O)Nc1cccc(C(=O)N2CCC(CCCCN3C(=O)c4ccccc4C3=O)CC2)c1. The van der Waals surface area contributed by atoms with E-state index in [1.165, 1.54) is 4.90 Å². The van der Waals surface area contributed by atoms with Gasteiger partial charge < -0.3 is 9.64 Å². The summed E-state index contributed by atoms with van der Waals surface area (Å²) in [5.74, 6) is 0.0823. The molecular weight excluding hydrogens is 470 g/mol. The molecule has 4 rings (SSSR count). The molecule has 2 aromatic carbocycles. The van der Waals surface area contributed by atoms with Crippen LogP contribution in [-0.4, -0.2) is 58.8 Å². The van der Waals surface area contributed by atoms with Crippen molar-refractivity contribution in [3.8, 4) is 0 Å². The number of hydrogen-bond donors (Lipinski definition) is 1. The molecule has 1 N–H and O–H groups in total. The highest BCUT2D eigenvalue weighted by Gasteiger charge is 2.34. The van der Waals surface area contributed by atoms with Crippen LogP contribution in [-0.2, 0) is 4.74 Å². The fourth-order valence-corrected chi connectivity index (χ4v) is 4.90. The van der Waals surface area contributed by atoms with Gasteiger partial charge in [0.05, 0.1) is 11.1 Å². The summed E-state index contributed by atoms with van der Waals surface area (Å²) in [4.78, 5) is 53.3. The predicted molar refractivity (Wildman–Crippen MR) is 141 cm³/mol. The Labute approximate surface area is 218 Å². The van der Waals surface area contributed by atoms with Crippen LogP contribution < -0.4 is 5.32 Å². The number of imide groups is 1. The van der Waals surface area contributed by atoms with E-state index in [1.807, 2.05) is 4.90 Å². The van der Waals surface area contributed by atoms with Crippen molar-refractivity contribution >= 4 is 29.5 Å². The first-order valence-corrected chi connectivity index (χ1v) is 13.0. The number of anilines is 1. The molecule has 0 radical (unpaired) electrons. The summed E-state index contributed by atoms with van der Waals surface area (Å²) in [6.07, 6.45) is 4.02. The van der Waals surface area contributed by atoms with Gasteiger partial charge in [-0.1, -0.05) is 31.0 Å². The normalized spacial score (nSPS) is 16.1. The molecule has 8 nitrogen and oxygen atoms in total. The largest absolute Gasteiger partial charge is 0.444 e. The number of carbonyl (C=O) groups excluding carboxylic acids is 4. The van der Waals surface area contributed by atoms with E-state index in [0.29, 0.717) is 47.9 Å². The monoisotopic (exact) mass is 505 g/mol.